The standard InChI is InChI=1S/C17H25FN2O/c1-21-15-5-4-14(16(18)10-15)11-20-9-3-7-17(13-20)6-2-8-19-12-17/h4-5,10,19H,2-3,6-9,11-13H2,1H3. The van der Waals surface area contributed by atoms with Gasteiger partial charge >= 0.3 is 0 Å². The largest absolute Gasteiger partial charge is 0.497 e. The Morgan fingerprint density at radius 1 is 1.33 bits per heavy atom. The number of halogens is 1. The van der Waals surface area contributed by atoms with Crippen molar-refractivity contribution >= 4 is 0 Å². The molecule has 2 heterocycles. The minimum atomic E-state index is -0.157. The van der Waals surface area contributed by atoms with Crippen LogP contribution in [0.2, 0.25) is 0 Å². The van der Waals surface area contributed by atoms with Gasteiger partial charge in [0, 0.05) is 31.3 Å². The second kappa shape index (κ2) is 6.32. The van der Waals surface area contributed by atoms with E-state index in [2.05, 4.69) is 10.2 Å². The Labute approximate surface area is 126 Å². The highest BCUT2D eigenvalue weighted by Crippen LogP contribution is 2.36. The Kier molecular flexibility index (Phi) is 4.45. The van der Waals surface area contributed by atoms with E-state index in [1.807, 2.05) is 12.1 Å². The molecular formula is C17H25FN2O. The van der Waals surface area contributed by atoms with Gasteiger partial charge < -0.3 is 10.1 Å². The highest BCUT2D eigenvalue weighted by molar-refractivity contribution is 5.28. The van der Waals surface area contributed by atoms with Crippen molar-refractivity contribution in [1.29, 1.82) is 0 Å². The van der Waals surface area contributed by atoms with E-state index in [0.717, 1.165) is 31.7 Å². The third kappa shape index (κ3) is 3.38. The van der Waals surface area contributed by atoms with Crippen molar-refractivity contribution in [2.75, 3.05) is 33.3 Å². The summed E-state index contributed by atoms with van der Waals surface area (Å²) >= 11 is 0. The van der Waals surface area contributed by atoms with Gasteiger partial charge in [-0.15, -0.1) is 0 Å². The lowest BCUT2D eigenvalue weighted by Gasteiger charge is -2.45. The summed E-state index contributed by atoms with van der Waals surface area (Å²) in [6.45, 7) is 5.14. The Hall–Kier alpha value is -1.13. The van der Waals surface area contributed by atoms with E-state index in [0.29, 0.717) is 17.7 Å². The molecule has 2 aliphatic heterocycles. The normalized spacial score (nSPS) is 27.0. The molecule has 4 heteroatoms. The van der Waals surface area contributed by atoms with E-state index in [4.69, 9.17) is 4.74 Å². The molecule has 1 unspecified atom stereocenters. The Balaban J connectivity index is 1.67. The Bertz CT molecular complexity index is 480. The van der Waals surface area contributed by atoms with Gasteiger partial charge in [-0.2, -0.15) is 0 Å². The Morgan fingerprint density at radius 3 is 2.90 bits per heavy atom. The molecule has 21 heavy (non-hydrogen) atoms. The van der Waals surface area contributed by atoms with Crippen molar-refractivity contribution in [2.24, 2.45) is 5.41 Å². The number of hydrogen-bond acceptors (Lipinski definition) is 3. The predicted molar refractivity (Wildman–Crippen MR) is 82.0 cm³/mol. The van der Waals surface area contributed by atoms with Crippen molar-refractivity contribution < 1.29 is 9.13 Å². The molecule has 116 valence electrons. The van der Waals surface area contributed by atoms with Crippen LogP contribution in [0.5, 0.6) is 5.75 Å². The smallest absolute Gasteiger partial charge is 0.131 e. The zero-order chi connectivity index (χ0) is 14.7. The zero-order valence-corrected chi connectivity index (χ0v) is 12.8. The van der Waals surface area contributed by atoms with Gasteiger partial charge in [-0.1, -0.05) is 6.07 Å². The quantitative estimate of drug-likeness (QED) is 0.927. The third-order valence-electron chi connectivity index (χ3n) is 4.96. The molecule has 0 aromatic heterocycles. The maximum Gasteiger partial charge on any atom is 0.131 e. The van der Waals surface area contributed by atoms with Crippen LogP contribution in [0.1, 0.15) is 31.2 Å². The van der Waals surface area contributed by atoms with Crippen molar-refractivity contribution in [2.45, 2.75) is 32.2 Å². The van der Waals surface area contributed by atoms with Gasteiger partial charge in [0.15, 0.2) is 0 Å². The molecule has 0 aliphatic carbocycles. The molecule has 1 aromatic rings. The number of hydrogen-bond donors (Lipinski definition) is 1. The third-order valence-corrected chi connectivity index (χ3v) is 4.96. The summed E-state index contributed by atoms with van der Waals surface area (Å²) in [5, 5.41) is 3.54. The van der Waals surface area contributed by atoms with Crippen LogP contribution in [0.25, 0.3) is 0 Å². The number of rotatable bonds is 3. The molecule has 3 rings (SSSR count). The lowest BCUT2D eigenvalue weighted by molar-refractivity contribution is 0.0594. The lowest BCUT2D eigenvalue weighted by Crippen LogP contribution is -2.50. The summed E-state index contributed by atoms with van der Waals surface area (Å²) in [6, 6.07) is 5.19. The highest BCUT2D eigenvalue weighted by Gasteiger charge is 2.36. The number of piperidine rings is 2. The van der Waals surface area contributed by atoms with Gasteiger partial charge in [0.2, 0.25) is 0 Å². The van der Waals surface area contributed by atoms with E-state index in [1.54, 1.807) is 7.11 Å². The van der Waals surface area contributed by atoms with Crippen molar-refractivity contribution in [3.8, 4) is 5.75 Å². The van der Waals surface area contributed by atoms with E-state index in [-0.39, 0.29) is 5.82 Å². The molecule has 1 atom stereocenters. The number of nitrogens with one attached hydrogen (secondary N) is 1. The minimum absolute atomic E-state index is 0.157. The summed E-state index contributed by atoms with van der Waals surface area (Å²) in [6.07, 6.45) is 5.10. The number of nitrogens with zero attached hydrogens (tertiary/aromatic N) is 1. The fourth-order valence-corrected chi connectivity index (χ4v) is 3.85. The van der Waals surface area contributed by atoms with Crippen LogP contribution in [-0.2, 0) is 6.54 Å². The van der Waals surface area contributed by atoms with Crippen LogP contribution in [0.3, 0.4) is 0 Å². The number of methoxy groups -OCH3 is 1. The summed E-state index contributed by atoms with van der Waals surface area (Å²) in [7, 11) is 1.57. The van der Waals surface area contributed by atoms with Gasteiger partial charge in [-0.25, -0.2) is 4.39 Å². The minimum Gasteiger partial charge on any atom is -0.497 e. The summed E-state index contributed by atoms with van der Waals surface area (Å²) in [4.78, 5) is 2.42. The molecule has 2 saturated heterocycles. The molecule has 1 N–H and O–H groups in total. The van der Waals surface area contributed by atoms with Gasteiger partial charge in [-0.05, 0) is 50.3 Å². The molecule has 1 aromatic carbocycles. The fourth-order valence-electron chi connectivity index (χ4n) is 3.85. The van der Waals surface area contributed by atoms with Gasteiger partial charge in [0.1, 0.15) is 11.6 Å². The van der Waals surface area contributed by atoms with Gasteiger partial charge in [-0.3, -0.25) is 4.90 Å². The molecule has 1 spiro atoms. The van der Waals surface area contributed by atoms with Gasteiger partial charge in [0.25, 0.3) is 0 Å². The SMILES string of the molecule is COc1ccc(CN2CCCC3(CCCNC3)C2)c(F)c1. The summed E-state index contributed by atoms with van der Waals surface area (Å²) in [5.41, 5.74) is 1.19. The van der Waals surface area contributed by atoms with Crippen molar-refractivity contribution in [3.63, 3.8) is 0 Å². The lowest BCUT2D eigenvalue weighted by atomic mass is 9.74. The van der Waals surface area contributed by atoms with Crippen LogP contribution in [0.15, 0.2) is 18.2 Å². The summed E-state index contributed by atoms with van der Waals surface area (Å²) < 4.78 is 19.2. The molecule has 0 radical (unpaired) electrons. The number of benzene rings is 1. The molecular weight excluding hydrogens is 267 g/mol. The number of likely N-dealkylation sites (tertiary alicyclic amines) is 1. The first kappa shape index (κ1) is 14.8. The second-order valence-corrected chi connectivity index (χ2v) is 6.55. The molecule has 3 nitrogen and oxygen atoms in total. The van der Waals surface area contributed by atoms with E-state index in [9.17, 15) is 4.39 Å². The monoisotopic (exact) mass is 292 g/mol. The van der Waals surface area contributed by atoms with E-state index >= 15 is 0 Å². The molecule has 0 saturated carbocycles. The number of ether oxygens (including phenoxy) is 1. The van der Waals surface area contributed by atoms with Crippen LogP contribution < -0.4 is 10.1 Å². The van der Waals surface area contributed by atoms with E-state index < -0.39 is 0 Å². The average Bonchev–Trinajstić information content (AvgIpc) is 2.50. The second-order valence-electron chi connectivity index (χ2n) is 6.55. The topological polar surface area (TPSA) is 24.5 Å². The molecule has 0 bridgehead atoms. The van der Waals surface area contributed by atoms with Gasteiger partial charge in [0.05, 0.1) is 7.11 Å². The van der Waals surface area contributed by atoms with Crippen molar-refractivity contribution in [3.05, 3.63) is 29.6 Å². The van der Waals surface area contributed by atoms with Crippen LogP contribution in [0.4, 0.5) is 4.39 Å². The zero-order valence-electron chi connectivity index (χ0n) is 12.8. The predicted octanol–water partition coefficient (Wildman–Crippen LogP) is 2.80. The highest BCUT2D eigenvalue weighted by atomic mass is 19.1. The fraction of sp³-hybridized carbons (Fsp3) is 0.647. The maximum absolute atomic E-state index is 14.1. The summed E-state index contributed by atoms with van der Waals surface area (Å²) in [5.74, 6) is 0.429. The molecule has 2 aliphatic rings. The van der Waals surface area contributed by atoms with Crippen LogP contribution in [0, 0.1) is 11.2 Å². The first-order valence-corrected chi connectivity index (χ1v) is 7.96. The van der Waals surface area contributed by atoms with Crippen molar-refractivity contribution in [1.82, 2.24) is 10.2 Å². The average molecular weight is 292 g/mol. The van der Waals surface area contributed by atoms with Crippen LogP contribution >= 0.6 is 0 Å². The van der Waals surface area contributed by atoms with Crippen LogP contribution in [-0.4, -0.2) is 38.2 Å². The van der Waals surface area contributed by atoms with E-state index in [1.165, 1.54) is 31.7 Å². The Morgan fingerprint density at radius 2 is 2.19 bits per heavy atom. The first-order chi connectivity index (χ1) is 10.2. The maximum atomic E-state index is 14.1. The first-order valence-electron chi connectivity index (χ1n) is 7.96. The molecule has 0 amide bonds. The molecule has 2 fully saturated rings.